The number of para-hydroxylation sites is 1. The topological polar surface area (TPSA) is 67.9 Å². The maximum Gasteiger partial charge on any atom is 0.243 e. The maximum absolute atomic E-state index is 13.2. The second-order valence-electron chi connectivity index (χ2n) is 8.23. The Kier molecular flexibility index (Phi) is 5.41. The van der Waals surface area contributed by atoms with Crippen molar-refractivity contribution in [1.82, 2.24) is 9.62 Å². The fraction of sp³-hybridized carbons (Fsp3) is 0.280. The molecule has 3 aromatic rings. The van der Waals surface area contributed by atoms with Gasteiger partial charge < -0.3 is 14.8 Å². The van der Waals surface area contributed by atoms with E-state index in [-0.39, 0.29) is 17.0 Å². The van der Waals surface area contributed by atoms with Gasteiger partial charge >= 0.3 is 0 Å². The summed E-state index contributed by atoms with van der Waals surface area (Å²) in [6.45, 7) is 0.907. The van der Waals surface area contributed by atoms with E-state index in [9.17, 15) is 8.42 Å². The summed E-state index contributed by atoms with van der Waals surface area (Å²) in [6.07, 6.45) is 0. The molecule has 3 saturated heterocycles. The number of methoxy groups -OCH3 is 2. The van der Waals surface area contributed by atoms with E-state index in [2.05, 4.69) is 35.6 Å². The van der Waals surface area contributed by atoms with Crippen LogP contribution in [0.15, 0.2) is 77.7 Å². The average Bonchev–Trinajstić information content (AvgIpc) is 2.84. The van der Waals surface area contributed by atoms with Crippen molar-refractivity contribution in [2.45, 2.75) is 22.9 Å². The van der Waals surface area contributed by atoms with Crippen LogP contribution in [0.5, 0.6) is 11.5 Å². The van der Waals surface area contributed by atoms with Gasteiger partial charge in [0.15, 0.2) is 0 Å². The van der Waals surface area contributed by atoms with Crippen molar-refractivity contribution < 1.29 is 17.9 Å². The SMILES string of the molecule is COc1cccc(S(=O)(=O)N2C[C@@H]3N[C@H](C2)C3c2ccc(-c3ccccc3OC)cc2)c1. The molecule has 6 rings (SSSR count). The first-order valence-electron chi connectivity index (χ1n) is 10.6. The first kappa shape index (κ1) is 21.0. The van der Waals surface area contributed by atoms with Crippen LogP contribution < -0.4 is 14.8 Å². The molecule has 3 atom stereocenters. The standard InChI is InChI=1S/C25H26N2O4S/c1-30-19-6-5-7-20(14-19)32(28,29)27-15-22-25(23(16-27)26-22)18-12-10-17(11-13-18)21-8-3-4-9-24(21)31-2/h3-14,22-23,25-26H,15-16H2,1-2H3/t22-,23+,25?. The van der Waals surface area contributed by atoms with E-state index in [4.69, 9.17) is 9.47 Å². The predicted molar refractivity (Wildman–Crippen MR) is 124 cm³/mol. The van der Waals surface area contributed by atoms with Crippen molar-refractivity contribution in [3.05, 3.63) is 78.4 Å². The lowest BCUT2D eigenvalue weighted by molar-refractivity contribution is 0.102. The summed E-state index contributed by atoms with van der Waals surface area (Å²) < 4.78 is 38.6. The van der Waals surface area contributed by atoms with Crippen LogP contribution in [0.4, 0.5) is 0 Å². The van der Waals surface area contributed by atoms with Gasteiger partial charge in [-0.05, 0) is 29.3 Å². The number of sulfonamides is 1. The average molecular weight is 451 g/mol. The summed E-state index contributed by atoms with van der Waals surface area (Å²) in [7, 11) is -0.336. The number of piperazine rings is 1. The monoisotopic (exact) mass is 450 g/mol. The smallest absolute Gasteiger partial charge is 0.243 e. The Bertz CT molecular complexity index is 1210. The molecule has 0 saturated carbocycles. The molecule has 0 aromatic heterocycles. The van der Waals surface area contributed by atoms with Crippen molar-refractivity contribution in [1.29, 1.82) is 0 Å². The van der Waals surface area contributed by atoms with Crippen LogP contribution in [-0.4, -0.2) is 52.1 Å². The molecular formula is C25H26N2O4S. The Morgan fingerprint density at radius 1 is 0.875 bits per heavy atom. The third-order valence-electron chi connectivity index (χ3n) is 6.49. The summed E-state index contributed by atoms with van der Waals surface area (Å²) in [6, 6.07) is 23.4. The lowest BCUT2D eigenvalue weighted by Gasteiger charge is -2.54. The van der Waals surface area contributed by atoms with Gasteiger partial charge in [0.1, 0.15) is 11.5 Å². The Hall–Kier alpha value is -2.87. The molecule has 2 bridgehead atoms. The number of piperidine rings is 1. The molecule has 6 nitrogen and oxygen atoms in total. The minimum absolute atomic E-state index is 0.103. The minimum atomic E-state index is -3.55. The highest BCUT2D eigenvalue weighted by atomic mass is 32.2. The lowest BCUT2D eigenvalue weighted by atomic mass is 9.75. The first-order valence-corrected chi connectivity index (χ1v) is 12.1. The molecular weight excluding hydrogens is 424 g/mol. The molecule has 1 unspecified atom stereocenters. The Balaban J connectivity index is 1.33. The third-order valence-corrected chi connectivity index (χ3v) is 8.32. The van der Waals surface area contributed by atoms with Crippen LogP contribution >= 0.6 is 0 Å². The van der Waals surface area contributed by atoms with Crippen LogP contribution in [0.1, 0.15) is 11.5 Å². The zero-order valence-corrected chi connectivity index (χ0v) is 18.9. The lowest BCUT2D eigenvalue weighted by Crippen LogP contribution is -2.72. The maximum atomic E-state index is 13.2. The van der Waals surface area contributed by atoms with Gasteiger partial charge in [-0.2, -0.15) is 4.31 Å². The molecule has 0 spiro atoms. The van der Waals surface area contributed by atoms with Gasteiger partial charge in [0.25, 0.3) is 0 Å². The van der Waals surface area contributed by atoms with Gasteiger partial charge in [0.2, 0.25) is 10.0 Å². The Morgan fingerprint density at radius 2 is 1.59 bits per heavy atom. The molecule has 0 aliphatic carbocycles. The first-order chi connectivity index (χ1) is 15.5. The van der Waals surface area contributed by atoms with E-state index < -0.39 is 10.0 Å². The highest BCUT2D eigenvalue weighted by molar-refractivity contribution is 7.89. The summed E-state index contributed by atoms with van der Waals surface area (Å²) in [5.41, 5.74) is 3.39. The summed E-state index contributed by atoms with van der Waals surface area (Å²) in [5.74, 6) is 1.69. The molecule has 3 heterocycles. The number of nitrogens with zero attached hydrogens (tertiary/aromatic N) is 1. The van der Waals surface area contributed by atoms with Crippen LogP contribution in [-0.2, 0) is 10.0 Å². The van der Waals surface area contributed by atoms with E-state index in [1.165, 1.54) is 12.7 Å². The highest BCUT2D eigenvalue weighted by Crippen LogP contribution is 2.40. The zero-order valence-electron chi connectivity index (χ0n) is 18.1. The van der Waals surface area contributed by atoms with Crippen LogP contribution in [0, 0.1) is 0 Å². The number of hydrogen-bond donors (Lipinski definition) is 1. The molecule has 3 aliphatic heterocycles. The van der Waals surface area contributed by atoms with E-state index in [0.717, 1.165) is 16.9 Å². The number of nitrogens with one attached hydrogen (secondary N) is 1. The molecule has 3 fully saturated rings. The quantitative estimate of drug-likeness (QED) is 0.623. The fourth-order valence-corrected chi connectivity index (χ4v) is 6.36. The van der Waals surface area contributed by atoms with E-state index in [0.29, 0.717) is 24.8 Å². The van der Waals surface area contributed by atoms with E-state index in [1.807, 2.05) is 18.2 Å². The number of ether oxygens (including phenoxy) is 2. The largest absolute Gasteiger partial charge is 0.497 e. The molecule has 3 aliphatic rings. The van der Waals surface area contributed by atoms with Crippen molar-refractivity contribution in [2.75, 3.05) is 27.3 Å². The summed E-state index contributed by atoms with van der Waals surface area (Å²) in [5, 5.41) is 3.52. The molecule has 0 radical (unpaired) electrons. The predicted octanol–water partition coefficient (Wildman–Crippen LogP) is 3.50. The molecule has 166 valence electrons. The number of fused-ring (bicyclic) bond motifs is 2. The van der Waals surface area contributed by atoms with Crippen molar-refractivity contribution in [2.24, 2.45) is 0 Å². The Morgan fingerprint density at radius 3 is 2.28 bits per heavy atom. The minimum Gasteiger partial charge on any atom is -0.497 e. The normalized spacial score (nSPS) is 22.8. The van der Waals surface area contributed by atoms with Gasteiger partial charge in [-0.1, -0.05) is 48.5 Å². The van der Waals surface area contributed by atoms with Crippen molar-refractivity contribution >= 4 is 10.0 Å². The highest BCUT2D eigenvalue weighted by Gasteiger charge is 2.49. The van der Waals surface area contributed by atoms with Gasteiger partial charge in [-0.25, -0.2) is 8.42 Å². The number of hydrogen-bond acceptors (Lipinski definition) is 5. The zero-order chi connectivity index (χ0) is 22.3. The second-order valence-corrected chi connectivity index (χ2v) is 10.2. The molecule has 32 heavy (non-hydrogen) atoms. The van der Waals surface area contributed by atoms with Crippen LogP contribution in [0.25, 0.3) is 11.1 Å². The van der Waals surface area contributed by atoms with Crippen molar-refractivity contribution in [3.8, 4) is 22.6 Å². The summed E-state index contributed by atoms with van der Waals surface area (Å²) in [4.78, 5) is 0.274. The molecule has 0 amide bonds. The van der Waals surface area contributed by atoms with Gasteiger partial charge in [0.05, 0.1) is 19.1 Å². The molecule has 7 heteroatoms. The third kappa shape index (κ3) is 3.56. The Labute approximate surface area is 188 Å². The van der Waals surface area contributed by atoms with Gasteiger partial charge in [-0.15, -0.1) is 0 Å². The molecule has 3 aromatic carbocycles. The number of rotatable bonds is 6. The van der Waals surface area contributed by atoms with E-state index in [1.54, 1.807) is 35.7 Å². The van der Waals surface area contributed by atoms with Gasteiger partial charge in [0, 0.05) is 42.7 Å². The number of benzene rings is 3. The van der Waals surface area contributed by atoms with Crippen LogP contribution in [0.3, 0.4) is 0 Å². The second kappa shape index (κ2) is 8.24. The van der Waals surface area contributed by atoms with Gasteiger partial charge in [-0.3, -0.25) is 0 Å². The van der Waals surface area contributed by atoms with E-state index >= 15 is 0 Å². The summed E-state index contributed by atoms with van der Waals surface area (Å²) >= 11 is 0. The van der Waals surface area contributed by atoms with Crippen LogP contribution in [0.2, 0.25) is 0 Å². The van der Waals surface area contributed by atoms with Crippen molar-refractivity contribution in [3.63, 3.8) is 0 Å². The fourth-order valence-electron chi connectivity index (χ4n) is 4.83. The molecule has 1 N–H and O–H groups in total.